The van der Waals surface area contributed by atoms with E-state index in [-0.39, 0.29) is 21.9 Å². The first-order chi connectivity index (χ1) is 17.7. The van der Waals surface area contributed by atoms with Gasteiger partial charge in [0.05, 0.1) is 16.8 Å². The van der Waals surface area contributed by atoms with Crippen LogP contribution in [0.15, 0.2) is 47.4 Å². The molecule has 3 saturated heterocycles. The Morgan fingerprint density at radius 2 is 1.84 bits per heavy atom. The third-order valence-corrected chi connectivity index (χ3v) is 10.2. The van der Waals surface area contributed by atoms with E-state index in [2.05, 4.69) is 0 Å². The molecular weight excluding hydrogens is 515 g/mol. The van der Waals surface area contributed by atoms with E-state index >= 15 is 0 Å². The maximum atomic E-state index is 13.5. The second kappa shape index (κ2) is 8.77. The van der Waals surface area contributed by atoms with E-state index in [1.165, 1.54) is 26.0 Å². The van der Waals surface area contributed by atoms with Gasteiger partial charge in [-0.05, 0) is 43.4 Å². The zero-order chi connectivity index (χ0) is 27.8. The number of rotatable bonds is 5. The molecule has 0 aromatic heterocycles. The minimum absolute atomic E-state index is 0.0146. The molecule has 0 aliphatic carbocycles. The number of carbonyl (C=O) groups is 1. The van der Waals surface area contributed by atoms with Crippen molar-refractivity contribution in [2.45, 2.75) is 73.5 Å². The fourth-order valence-corrected chi connectivity index (χ4v) is 7.81. The highest BCUT2D eigenvalue weighted by Crippen LogP contribution is 2.58. The molecule has 2 radical (unpaired) electrons. The van der Waals surface area contributed by atoms with Crippen LogP contribution in [0.1, 0.15) is 44.2 Å². The van der Waals surface area contributed by atoms with Gasteiger partial charge in [-0.15, -0.1) is 0 Å². The van der Waals surface area contributed by atoms with Crippen LogP contribution < -0.4 is 10.2 Å². The van der Waals surface area contributed by atoms with E-state index in [0.717, 1.165) is 0 Å². The first kappa shape index (κ1) is 27.1. The molecule has 0 saturated carbocycles. The zero-order valence-electron chi connectivity index (χ0n) is 21.1. The van der Waals surface area contributed by atoms with E-state index in [1.54, 1.807) is 24.3 Å². The summed E-state index contributed by atoms with van der Waals surface area (Å²) in [5.74, 6) is -5.83. The molecule has 4 N–H and O–H groups in total. The lowest BCUT2D eigenvalue weighted by Crippen LogP contribution is -2.91. The Labute approximate surface area is 221 Å². The normalized spacial score (nSPS) is 39.4. The maximum Gasteiger partial charge on any atom is 0.367 e. The fraction of sp³-hybridized carbons (Fsp3) is 0.500. The highest BCUT2D eigenvalue weighted by Gasteiger charge is 2.84. The smallest absolute Gasteiger partial charge is 0.367 e. The predicted octanol–water partition coefficient (Wildman–Crippen LogP) is 0.204. The van der Waals surface area contributed by atoms with Crippen LogP contribution in [0.3, 0.4) is 0 Å². The van der Waals surface area contributed by atoms with Gasteiger partial charge in [0.2, 0.25) is 6.29 Å². The number of aliphatic hydroxyl groups is 3. The van der Waals surface area contributed by atoms with Crippen molar-refractivity contribution in [2.75, 3.05) is 5.75 Å². The Morgan fingerprint density at radius 1 is 1.18 bits per heavy atom. The van der Waals surface area contributed by atoms with Gasteiger partial charge in [-0.1, -0.05) is 48.8 Å². The Bertz CT molecular complexity index is 1380. The van der Waals surface area contributed by atoms with Crippen LogP contribution >= 0.6 is 0 Å². The van der Waals surface area contributed by atoms with Crippen molar-refractivity contribution in [1.82, 2.24) is 0 Å². The first-order valence-electron chi connectivity index (χ1n) is 12.3. The lowest BCUT2D eigenvalue weighted by molar-refractivity contribution is -0.537. The standard InChI is InChI=1S/C26H29BO10S/c1-4-13-12-38(33,34)18-11-17(16(27)10-15(18)19(20(13)28)14-8-6-5-7-9-14)35-22-21(29)24(2)25(3,32)26(36-22,37-24)23(30)31/h5-11,13,19-22,28-29,32H,4,12H2,1-3H3,(H,30,31)/t13-,19+,20-,21?,22?,24?,25?,26?/m0/s1. The molecule has 5 unspecified atom stereocenters. The first-order valence-corrected chi connectivity index (χ1v) is 13.9. The van der Waals surface area contributed by atoms with Gasteiger partial charge in [-0.2, -0.15) is 0 Å². The van der Waals surface area contributed by atoms with Crippen LogP contribution in [0, 0.1) is 5.92 Å². The molecule has 38 heavy (non-hydrogen) atoms. The molecule has 10 nitrogen and oxygen atoms in total. The molecule has 0 spiro atoms. The van der Waals surface area contributed by atoms with E-state index in [0.29, 0.717) is 17.5 Å². The Hall–Kier alpha value is -2.48. The van der Waals surface area contributed by atoms with Gasteiger partial charge in [0.1, 0.15) is 25.3 Å². The summed E-state index contributed by atoms with van der Waals surface area (Å²) in [5, 5.41) is 42.7. The topological polar surface area (TPSA) is 160 Å². The summed E-state index contributed by atoms with van der Waals surface area (Å²) >= 11 is 0. The summed E-state index contributed by atoms with van der Waals surface area (Å²) in [4.78, 5) is 11.9. The van der Waals surface area contributed by atoms with Crippen molar-refractivity contribution in [3.63, 3.8) is 0 Å². The van der Waals surface area contributed by atoms with Gasteiger partial charge < -0.3 is 29.9 Å². The van der Waals surface area contributed by atoms with Crippen LogP contribution in [0.4, 0.5) is 0 Å². The molecule has 2 bridgehead atoms. The number of benzene rings is 2. The Kier molecular flexibility index (Phi) is 6.25. The fourth-order valence-electron chi connectivity index (χ4n) is 5.80. The molecule has 6 rings (SSSR count). The van der Waals surface area contributed by atoms with Crippen LogP contribution in [0.5, 0.6) is 5.75 Å². The van der Waals surface area contributed by atoms with Crippen molar-refractivity contribution >= 4 is 29.1 Å². The Balaban J connectivity index is 1.59. The monoisotopic (exact) mass is 544 g/mol. The molecule has 2 aromatic rings. The molecule has 2 aromatic carbocycles. The SMILES string of the molecule is [B]c1cc2c(cc1OC1OC3(C(=O)O)OC(C)(C1O)C3(C)O)S(=O)(=O)C[C@H](CC)[C@H](O)[C@@H]2c1ccccc1. The van der Waals surface area contributed by atoms with Gasteiger partial charge in [0.25, 0.3) is 0 Å². The second-order valence-electron chi connectivity index (χ2n) is 10.5. The summed E-state index contributed by atoms with van der Waals surface area (Å²) < 4.78 is 43.6. The number of hydrogen-bond acceptors (Lipinski definition) is 9. The van der Waals surface area contributed by atoms with Crippen LogP contribution in [0.25, 0.3) is 0 Å². The third kappa shape index (κ3) is 3.58. The average molecular weight is 544 g/mol. The van der Waals surface area contributed by atoms with Gasteiger partial charge in [0, 0.05) is 5.92 Å². The Morgan fingerprint density at radius 3 is 2.42 bits per heavy atom. The molecule has 4 aliphatic heterocycles. The van der Waals surface area contributed by atoms with Gasteiger partial charge in [-0.25, -0.2) is 13.2 Å². The van der Waals surface area contributed by atoms with Crippen LogP contribution in [0.2, 0.25) is 0 Å². The van der Waals surface area contributed by atoms with E-state index < -0.39 is 63.1 Å². The quantitative estimate of drug-likeness (QED) is 0.383. The number of ether oxygens (including phenoxy) is 3. The lowest BCUT2D eigenvalue weighted by atomic mass is 9.66. The molecule has 4 aliphatic rings. The number of aliphatic hydroxyl groups excluding tert-OH is 2. The van der Waals surface area contributed by atoms with Crippen molar-refractivity contribution in [3.8, 4) is 5.75 Å². The second-order valence-corrected chi connectivity index (χ2v) is 12.5. The van der Waals surface area contributed by atoms with Crippen molar-refractivity contribution < 1.29 is 47.8 Å². The number of carboxylic acid groups (broad SMARTS) is 1. The van der Waals surface area contributed by atoms with Crippen LogP contribution in [-0.2, 0) is 24.1 Å². The van der Waals surface area contributed by atoms with Crippen molar-refractivity contribution in [2.24, 2.45) is 5.92 Å². The minimum atomic E-state index is -3.92. The molecule has 202 valence electrons. The summed E-state index contributed by atoms with van der Waals surface area (Å²) in [6, 6.07) is 11.7. The summed E-state index contributed by atoms with van der Waals surface area (Å²) in [6.45, 7) is 4.30. The third-order valence-electron chi connectivity index (χ3n) is 8.35. The zero-order valence-corrected chi connectivity index (χ0v) is 21.9. The average Bonchev–Trinajstić information content (AvgIpc) is 2.93. The van der Waals surface area contributed by atoms with E-state index in [4.69, 9.17) is 22.1 Å². The highest BCUT2D eigenvalue weighted by atomic mass is 32.2. The number of aliphatic carboxylic acids is 1. The molecule has 3 fully saturated rings. The molecule has 12 heteroatoms. The minimum Gasteiger partial charge on any atom is -0.477 e. The summed E-state index contributed by atoms with van der Waals surface area (Å²) in [7, 11) is 2.37. The molecule has 4 heterocycles. The number of sulfone groups is 1. The van der Waals surface area contributed by atoms with Gasteiger partial charge >= 0.3 is 11.8 Å². The largest absolute Gasteiger partial charge is 0.477 e. The van der Waals surface area contributed by atoms with Crippen molar-refractivity contribution in [3.05, 3.63) is 53.6 Å². The lowest BCUT2D eigenvalue weighted by Gasteiger charge is -2.67. The number of fused-ring (bicyclic) bond motifs is 3. The van der Waals surface area contributed by atoms with Gasteiger partial charge in [0.15, 0.2) is 15.4 Å². The van der Waals surface area contributed by atoms with Gasteiger partial charge in [-0.3, -0.25) is 4.74 Å². The van der Waals surface area contributed by atoms with Crippen molar-refractivity contribution in [1.29, 1.82) is 0 Å². The summed E-state index contributed by atoms with van der Waals surface area (Å²) in [5.41, 5.74) is -2.84. The number of carboxylic acids is 1. The highest BCUT2D eigenvalue weighted by molar-refractivity contribution is 7.91. The molecular formula is C26H29BO10S. The predicted molar refractivity (Wildman–Crippen MR) is 134 cm³/mol. The van der Waals surface area contributed by atoms with E-state index in [1.807, 2.05) is 13.0 Å². The molecule has 0 amide bonds. The maximum absolute atomic E-state index is 13.5. The number of hydrogen-bond donors (Lipinski definition) is 4. The van der Waals surface area contributed by atoms with Crippen LogP contribution in [-0.4, -0.2) is 83.9 Å². The summed E-state index contributed by atoms with van der Waals surface area (Å²) in [6.07, 6.45) is -3.89. The van der Waals surface area contributed by atoms with E-state index in [9.17, 15) is 33.6 Å². The molecule has 8 atom stereocenters.